The Balaban J connectivity index is 1.58. The van der Waals surface area contributed by atoms with Crippen LogP contribution < -0.4 is 9.47 Å². The molecule has 1 spiro atoms. The van der Waals surface area contributed by atoms with Crippen LogP contribution in [-0.4, -0.2) is 11.6 Å². The van der Waals surface area contributed by atoms with Crippen molar-refractivity contribution < 1.29 is 14.3 Å². The first-order valence-corrected chi connectivity index (χ1v) is 8.33. The molecule has 4 rings (SSSR count). The molecule has 0 amide bonds. The molecule has 1 heterocycles. The predicted octanol–water partition coefficient (Wildman–Crippen LogP) is 4.54. The predicted molar refractivity (Wildman–Crippen MR) is 88.0 cm³/mol. The Morgan fingerprint density at radius 1 is 0.957 bits per heavy atom. The molecule has 23 heavy (non-hydrogen) atoms. The Hall–Kier alpha value is -2.29. The van der Waals surface area contributed by atoms with E-state index in [0.29, 0.717) is 6.42 Å². The normalized spacial score (nSPS) is 18.1. The summed E-state index contributed by atoms with van der Waals surface area (Å²) in [6.07, 6.45) is 5.69. The molecule has 3 heteroatoms. The van der Waals surface area contributed by atoms with Crippen molar-refractivity contribution in [3.63, 3.8) is 0 Å². The van der Waals surface area contributed by atoms with E-state index in [0.717, 1.165) is 48.3 Å². The maximum Gasteiger partial charge on any atom is 0.251 e. The molecule has 118 valence electrons. The minimum absolute atomic E-state index is 0.113. The van der Waals surface area contributed by atoms with Crippen molar-refractivity contribution in [1.29, 1.82) is 0 Å². The van der Waals surface area contributed by atoms with E-state index in [4.69, 9.17) is 9.47 Å². The Morgan fingerprint density at radius 2 is 1.74 bits per heavy atom. The molecule has 0 atom stereocenters. The number of hydrogen-bond donors (Lipinski definition) is 0. The van der Waals surface area contributed by atoms with E-state index >= 15 is 0 Å². The number of carbonyl (C=O) groups is 1. The zero-order chi connectivity index (χ0) is 15.7. The smallest absolute Gasteiger partial charge is 0.251 e. The average Bonchev–Trinajstić information content (AvgIpc) is 2.58. The second-order valence-electron chi connectivity index (χ2n) is 6.41. The fourth-order valence-corrected chi connectivity index (χ4v) is 3.47. The van der Waals surface area contributed by atoms with Gasteiger partial charge in [-0.05, 0) is 18.9 Å². The fraction of sp³-hybridized carbons (Fsp3) is 0.350. The van der Waals surface area contributed by atoms with Crippen LogP contribution >= 0.6 is 0 Å². The van der Waals surface area contributed by atoms with Crippen molar-refractivity contribution in [2.75, 3.05) is 0 Å². The number of carbonyl (C=O) groups excluding carboxylic acids is 1. The topological polar surface area (TPSA) is 35.5 Å². The van der Waals surface area contributed by atoms with E-state index < -0.39 is 5.79 Å². The quantitative estimate of drug-likeness (QED) is 0.781. The van der Waals surface area contributed by atoms with Crippen LogP contribution in [0.4, 0.5) is 0 Å². The summed E-state index contributed by atoms with van der Waals surface area (Å²) >= 11 is 0. The van der Waals surface area contributed by atoms with E-state index in [1.165, 1.54) is 6.42 Å². The average molecular weight is 308 g/mol. The minimum Gasteiger partial charge on any atom is -0.452 e. The lowest BCUT2D eigenvalue weighted by Gasteiger charge is -2.40. The van der Waals surface area contributed by atoms with E-state index in [2.05, 4.69) is 0 Å². The number of ether oxygens (including phenoxy) is 2. The highest BCUT2D eigenvalue weighted by molar-refractivity contribution is 5.97. The minimum atomic E-state index is -0.510. The summed E-state index contributed by atoms with van der Waals surface area (Å²) < 4.78 is 12.3. The van der Waals surface area contributed by atoms with Gasteiger partial charge < -0.3 is 9.47 Å². The fourth-order valence-electron chi connectivity index (χ4n) is 3.47. The van der Waals surface area contributed by atoms with Gasteiger partial charge in [-0.25, -0.2) is 0 Å². The molecule has 1 saturated carbocycles. The molecule has 0 aromatic heterocycles. The molecule has 2 aromatic rings. The highest BCUT2D eigenvalue weighted by Crippen LogP contribution is 2.42. The van der Waals surface area contributed by atoms with Crippen molar-refractivity contribution in [2.45, 2.75) is 44.3 Å². The molecule has 1 aliphatic heterocycles. The van der Waals surface area contributed by atoms with Crippen LogP contribution in [0.3, 0.4) is 0 Å². The van der Waals surface area contributed by atoms with Crippen molar-refractivity contribution in [3.05, 3.63) is 59.7 Å². The van der Waals surface area contributed by atoms with Gasteiger partial charge in [-0.15, -0.1) is 0 Å². The number of ketones is 1. The van der Waals surface area contributed by atoms with Crippen LogP contribution in [0.5, 0.6) is 11.5 Å². The SMILES string of the molecule is O=C(Cc1ccc2cc1OC1(CCCCC1)O2)c1ccccc1. The zero-order valence-electron chi connectivity index (χ0n) is 13.1. The van der Waals surface area contributed by atoms with Gasteiger partial charge in [0.2, 0.25) is 0 Å². The van der Waals surface area contributed by atoms with Gasteiger partial charge in [-0.2, -0.15) is 0 Å². The Kier molecular flexibility index (Phi) is 3.56. The maximum absolute atomic E-state index is 12.5. The molecule has 2 aromatic carbocycles. The van der Waals surface area contributed by atoms with Crippen LogP contribution in [0.1, 0.15) is 48.0 Å². The summed E-state index contributed by atoms with van der Waals surface area (Å²) in [5.74, 6) is 1.26. The van der Waals surface area contributed by atoms with E-state index in [9.17, 15) is 4.79 Å². The highest BCUT2D eigenvalue weighted by Gasteiger charge is 2.39. The molecule has 3 nitrogen and oxygen atoms in total. The first kappa shape index (κ1) is 14.3. The lowest BCUT2D eigenvalue weighted by atomic mass is 9.92. The summed E-state index contributed by atoms with van der Waals surface area (Å²) in [6, 6.07) is 15.2. The van der Waals surface area contributed by atoms with Gasteiger partial charge >= 0.3 is 0 Å². The van der Waals surface area contributed by atoms with Crippen LogP contribution in [0.2, 0.25) is 0 Å². The van der Waals surface area contributed by atoms with Crippen LogP contribution in [-0.2, 0) is 6.42 Å². The second kappa shape index (κ2) is 5.73. The number of hydrogen-bond acceptors (Lipinski definition) is 3. The molecule has 0 saturated heterocycles. The highest BCUT2D eigenvalue weighted by atomic mass is 16.7. The lowest BCUT2D eigenvalue weighted by Crippen LogP contribution is -2.46. The van der Waals surface area contributed by atoms with E-state index in [1.807, 2.05) is 48.5 Å². The Labute approximate surface area is 136 Å². The van der Waals surface area contributed by atoms with Crippen molar-refractivity contribution in [3.8, 4) is 11.5 Å². The summed E-state index contributed by atoms with van der Waals surface area (Å²) in [5.41, 5.74) is 1.68. The largest absolute Gasteiger partial charge is 0.452 e. The van der Waals surface area contributed by atoms with E-state index in [1.54, 1.807) is 0 Å². The van der Waals surface area contributed by atoms with Gasteiger partial charge in [0, 0.05) is 36.5 Å². The molecule has 1 aliphatic carbocycles. The van der Waals surface area contributed by atoms with E-state index in [-0.39, 0.29) is 5.78 Å². The van der Waals surface area contributed by atoms with Crippen LogP contribution in [0, 0.1) is 0 Å². The van der Waals surface area contributed by atoms with Crippen molar-refractivity contribution >= 4 is 5.78 Å². The number of benzene rings is 2. The first-order chi connectivity index (χ1) is 11.2. The van der Waals surface area contributed by atoms with Gasteiger partial charge in [0.1, 0.15) is 11.5 Å². The standard InChI is InChI=1S/C20H20O3/c21-18(15-7-3-1-4-8-15)13-16-9-10-17-14-19(16)23-20(22-17)11-5-2-6-12-20/h1,3-4,7-10,14H,2,5-6,11-13H2. The molecule has 0 unspecified atom stereocenters. The maximum atomic E-state index is 12.5. The number of rotatable bonds is 3. The third-order valence-electron chi connectivity index (χ3n) is 4.70. The monoisotopic (exact) mass is 308 g/mol. The first-order valence-electron chi connectivity index (χ1n) is 8.33. The lowest BCUT2D eigenvalue weighted by molar-refractivity contribution is -0.145. The van der Waals surface area contributed by atoms with Crippen LogP contribution in [0.15, 0.2) is 48.5 Å². The van der Waals surface area contributed by atoms with Gasteiger partial charge in [-0.1, -0.05) is 42.8 Å². The molecule has 0 N–H and O–H groups in total. The molecular formula is C20H20O3. The van der Waals surface area contributed by atoms with Gasteiger partial charge in [0.05, 0.1) is 0 Å². The van der Waals surface area contributed by atoms with Crippen LogP contribution in [0.25, 0.3) is 0 Å². The summed E-state index contributed by atoms with van der Waals surface area (Å²) in [4.78, 5) is 12.5. The van der Waals surface area contributed by atoms with Gasteiger partial charge in [0.25, 0.3) is 5.79 Å². The molecular weight excluding hydrogens is 288 g/mol. The third-order valence-corrected chi connectivity index (χ3v) is 4.70. The van der Waals surface area contributed by atoms with Gasteiger partial charge in [0.15, 0.2) is 5.78 Å². The molecule has 0 radical (unpaired) electrons. The summed E-state index contributed by atoms with van der Waals surface area (Å²) in [7, 11) is 0. The molecule has 1 fully saturated rings. The zero-order valence-corrected chi connectivity index (χ0v) is 13.1. The number of Topliss-reactive ketones (excluding diaryl/α,β-unsaturated/α-hetero) is 1. The molecule has 2 bridgehead atoms. The third kappa shape index (κ3) is 2.83. The van der Waals surface area contributed by atoms with Crippen molar-refractivity contribution in [2.24, 2.45) is 0 Å². The van der Waals surface area contributed by atoms with Crippen molar-refractivity contribution in [1.82, 2.24) is 0 Å². The number of fused-ring (bicyclic) bond motifs is 2. The second-order valence-corrected chi connectivity index (χ2v) is 6.41. The summed E-state index contributed by atoms with van der Waals surface area (Å²) in [5, 5.41) is 0. The Morgan fingerprint density at radius 3 is 2.52 bits per heavy atom. The molecule has 2 aliphatic rings. The van der Waals surface area contributed by atoms with Gasteiger partial charge in [-0.3, -0.25) is 4.79 Å². The Bertz CT molecular complexity index is 715. The summed E-state index contributed by atoms with van der Waals surface area (Å²) in [6.45, 7) is 0.